The molecule has 1 saturated heterocycles. The van der Waals surface area contributed by atoms with Crippen molar-refractivity contribution in [2.24, 2.45) is 0 Å². The zero-order valence-electron chi connectivity index (χ0n) is 14.8. The number of benzene rings is 1. The Hall–Kier alpha value is -1.51. The minimum Gasteiger partial charge on any atom is -0.490 e. The molecule has 9 heteroatoms. The van der Waals surface area contributed by atoms with Gasteiger partial charge >= 0.3 is 0 Å². The summed E-state index contributed by atoms with van der Waals surface area (Å²) in [5.74, 6) is 0.678. The lowest BCUT2D eigenvalue weighted by Gasteiger charge is -2.34. The van der Waals surface area contributed by atoms with Gasteiger partial charge in [-0.15, -0.1) is 12.4 Å². The number of carbonyl (C=O) groups is 1. The molecule has 1 amide bonds. The number of nitrogens with one attached hydrogen (secondary N) is 1. The fraction of sp³-hybridized carbons (Fsp3) is 0.588. The fourth-order valence-corrected chi connectivity index (χ4v) is 4.27. The molecule has 1 N–H and O–H groups in total. The van der Waals surface area contributed by atoms with Gasteiger partial charge in [0.15, 0.2) is 21.3 Å². The molecular weight excluding hydrogens is 380 g/mol. The smallest absolute Gasteiger partial charge is 0.223 e. The van der Waals surface area contributed by atoms with Crippen molar-refractivity contribution in [3.05, 3.63) is 18.2 Å². The van der Waals surface area contributed by atoms with Crippen LogP contribution in [0.4, 0.5) is 0 Å². The van der Waals surface area contributed by atoms with E-state index in [-0.39, 0.29) is 41.4 Å². The zero-order chi connectivity index (χ0) is 17.9. The lowest BCUT2D eigenvalue weighted by atomic mass is 10.2. The van der Waals surface area contributed by atoms with E-state index in [1.54, 1.807) is 11.0 Å². The quantitative estimate of drug-likeness (QED) is 0.813. The summed E-state index contributed by atoms with van der Waals surface area (Å²) in [5, 5.41) is 3.21. The van der Waals surface area contributed by atoms with Gasteiger partial charge < -0.3 is 19.7 Å². The molecule has 2 aliphatic heterocycles. The van der Waals surface area contributed by atoms with Crippen molar-refractivity contribution in [1.82, 2.24) is 10.2 Å². The summed E-state index contributed by atoms with van der Waals surface area (Å²) >= 11 is 0. The van der Waals surface area contributed by atoms with Gasteiger partial charge in [0.1, 0.15) is 0 Å². The molecule has 1 aromatic carbocycles. The number of ether oxygens (including phenoxy) is 2. The molecule has 26 heavy (non-hydrogen) atoms. The molecule has 0 spiro atoms. The van der Waals surface area contributed by atoms with Crippen molar-refractivity contribution in [1.29, 1.82) is 0 Å². The molecule has 1 atom stereocenters. The van der Waals surface area contributed by atoms with Crippen LogP contribution in [-0.2, 0) is 14.6 Å². The van der Waals surface area contributed by atoms with E-state index in [1.165, 1.54) is 12.1 Å². The van der Waals surface area contributed by atoms with Crippen LogP contribution in [0.3, 0.4) is 0 Å². The van der Waals surface area contributed by atoms with Crippen LogP contribution in [0.1, 0.15) is 19.8 Å². The maximum absolute atomic E-state index is 12.6. The first kappa shape index (κ1) is 20.8. The van der Waals surface area contributed by atoms with Gasteiger partial charge in [0.05, 0.1) is 23.9 Å². The van der Waals surface area contributed by atoms with E-state index in [2.05, 4.69) is 5.32 Å². The zero-order valence-corrected chi connectivity index (χ0v) is 16.4. The van der Waals surface area contributed by atoms with Crippen LogP contribution in [0.25, 0.3) is 0 Å². The number of sulfone groups is 1. The molecule has 3 rings (SSSR count). The number of carbonyl (C=O) groups excluding carboxylic acids is 1. The first-order chi connectivity index (χ1) is 12.0. The molecule has 0 radical (unpaired) electrons. The van der Waals surface area contributed by atoms with Gasteiger partial charge in [0, 0.05) is 44.6 Å². The summed E-state index contributed by atoms with van der Waals surface area (Å²) in [6.07, 6.45) is 0.745. The number of amides is 1. The van der Waals surface area contributed by atoms with Gasteiger partial charge in [-0.2, -0.15) is 0 Å². The minimum atomic E-state index is -3.56. The maximum Gasteiger partial charge on any atom is 0.223 e. The highest BCUT2D eigenvalue weighted by Crippen LogP contribution is 2.32. The van der Waals surface area contributed by atoms with Crippen LogP contribution in [0.2, 0.25) is 0 Å². The Kier molecular flexibility index (Phi) is 7.14. The van der Waals surface area contributed by atoms with Crippen molar-refractivity contribution in [2.45, 2.75) is 30.7 Å². The Bertz CT molecular complexity index is 741. The van der Waals surface area contributed by atoms with Crippen LogP contribution >= 0.6 is 12.4 Å². The first-order valence-corrected chi connectivity index (χ1v) is 10.3. The lowest BCUT2D eigenvalue weighted by Crippen LogP contribution is -2.52. The van der Waals surface area contributed by atoms with Crippen LogP contribution in [-0.4, -0.2) is 63.9 Å². The second-order valence-corrected chi connectivity index (χ2v) is 8.48. The van der Waals surface area contributed by atoms with Crippen molar-refractivity contribution in [3.63, 3.8) is 0 Å². The molecule has 1 aromatic rings. The SMILES string of the molecule is C[C@H]1CNCCN1C(=O)CCS(=O)(=O)c1ccc2c(c1)OCCCO2.Cl. The van der Waals surface area contributed by atoms with Gasteiger partial charge in [0.25, 0.3) is 0 Å². The van der Waals surface area contributed by atoms with E-state index < -0.39 is 9.84 Å². The van der Waals surface area contributed by atoms with Crippen LogP contribution in [0.15, 0.2) is 23.1 Å². The molecule has 1 fully saturated rings. The standard InChI is InChI=1S/C17H24N2O5S.ClH/c1-13-12-18-6-7-19(13)17(20)5-10-25(21,22)14-3-4-15-16(11-14)24-9-2-8-23-15;/h3-4,11,13,18H,2,5-10,12H2,1H3;1H/t13-;/m0./s1. The number of fused-ring (bicyclic) bond motifs is 1. The van der Waals surface area contributed by atoms with Crippen LogP contribution < -0.4 is 14.8 Å². The summed E-state index contributed by atoms with van der Waals surface area (Å²) in [5.41, 5.74) is 0. The molecule has 2 aliphatic rings. The Morgan fingerprint density at radius 3 is 2.73 bits per heavy atom. The molecule has 0 unspecified atom stereocenters. The Morgan fingerprint density at radius 2 is 2.00 bits per heavy atom. The summed E-state index contributed by atoms with van der Waals surface area (Å²) in [6.45, 7) is 5.10. The van der Waals surface area contributed by atoms with E-state index in [9.17, 15) is 13.2 Å². The lowest BCUT2D eigenvalue weighted by molar-refractivity contribution is -0.133. The van der Waals surface area contributed by atoms with Crippen molar-refractivity contribution >= 4 is 28.2 Å². The molecule has 7 nitrogen and oxygen atoms in total. The predicted octanol–water partition coefficient (Wildman–Crippen LogP) is 1.25. The van der Waals surface area contributed by atoms with E-state index >= 15 is 0 Å². The van der Waals surface area contributed by atoms with Gasteiger partial charge in [-0.3, -0.25) is 4.79 Å². The number of piperazine rings is 1. The number of hydrogen-bond acceptors (Lipinski definition) is 6. The predicted molar refractivity (Wildman–Crippen MR) is 100 cm³/mol. The van der Waals surface area contributed by atoms with Crippen LogP contribution in [0.5, 0.6) is 11.5 Å². The summed E-state index contributed by atoms with van der Waals surface area (Å²) in [7, 11) is -3.56. The largest absolute Gasteiger partial charge is 0.490 e. The second-order valence-electron chi connectivity index (χ2n) is 6.37. The second kappa shape index (κ2) is 8.92. The molecular formula is C17H25ClN2O5S. The Labute approximate surface area is 160 Å². The molecule has 146 valence electrons. The number of hydrogen-bond donors (Lipinski definition) is 1. The topological polar surface area (TPSA) is 84.9 Å². The summed E-state index contributed by atoms with van der Waals surface area (Å²) < 4.78 is 36.3. The van der Waals surface area contributed by atoms with E-state index in [1.807, 2.05) is 6.92 Å². The Morgan fingerprint density at radius 1 is 1.27 bits per heavy atom. The molecule has 0 bridgehead atoms. The number of rotatable bonds is 4. The van der Waals surface area contributed by atoms with Gasteiger partial charge in [0.2, 0.25) is 5.91 Å². The highest BCUT2D eigenvalue weighted by molar-refractivity contribution is 7.91. The van der Waals surface area contributed by atoms with E-state index in [4.69, 9.17) is 9.47 Å². The minimum absolute atomic E-state index is 0. The van der Waals surface area contributed by atoms with Gasteiger partial charge in [-0.1, -0.05) is 0 Å². The van der Waals surface area contributed by atoms with E-state index in [0.717, 1.165) is 19.5 Å². The molecule has 0 aliphatic carbocycles. The maximum atomic E-state index is 12.6. The van der Waals surface area contributed by atoms with Gasteiger partial charge in [-0.25, -0.2) is 8.42 Å². The fourth-order valence-electron chi connectivity index (χ4n) is 3.03. The van der Waals surface area contributed by atoms with Crippen molar-refractivity contribution in [2.75, 3.05) is 38.6 Å². The molecule has 0 aromatic heterocycles. The number of nitrogens with zero attached hydrogens (tertiary/aromatic N) is 1. The Balaban J connectivity index is 0.00000243. The number of halogens is 1. The summed E-state index contributed by atoms with van der Waals surface area (Å²) in [6, 6.07) is 4.71. The normalized spacial score (nSPS) is 20.0. The van der Waals surface area contributed by atoms with Crippen LogP contribution in [0, 0.1) is 0 Å². The van der Waals surface area contributed by atoms with E-state index in [0.29, 0.717) is 31.3 Å². The van der Waals surface area contributed by atoms with Crippen molar-refractivity contribution in [3.8, 4) is 11.5 Å². The summed E-state index contributed by atoms with van der Waals surface area (Å²) in [4.78, 5) is 14.3. The molecule has 2 heterocycles. The highest BCUT2D eigenvalue weighted by Gasteiger charge is 2.25. The van der Waals surface area contributed by atoms with Crippen molar-refractivity contribution < 1.29 is 22.7 Å². The monoisotopic (exact) mass is 404 g/mol. The average Bonchev–Trinajstić information content (AvgIpc) is 2.85. The molecule has 0 saturated carbocycles. The highest BCUT2D eigenvalue weighted by atomic mass is 35.5. The third-order valence-electron chi connectivity index (χ3n) is 4.48. The van der Waals surface area contributed by atoms with Gasteiger partial charge in [-0.05, 0) is 19.1 Å². The third kappa shape index (κ3) is 4.81. The third-order valence-corrected chi connectivity index (χ3v) is 6.20. The first-order valence-electron chi connectivity index (χ1n) is 8.60. The average molecular weight is 405 g/mol.